The van der Waals surface area contributed by atoms with Crippen LogP contribution in [0.25, 0.3) is 0 Å². The van der Waals surface area contributed by atoms with Gasteiger partial charge in [0, 0.05) is 19.5 Å². The molecule has 12 heteroatoms. The summed E-state index contributed by atoms with van der Waals surface area (Å²) in [6.07, 6.45) is 5.41. The molecule has 1 saturated carbocycles. The van der Waals surface area contributed by atoms with E-state index in [2.05, 4.69) is 10.6 Å². The number of nitrogens with one attached hydrogen (secondary N) is 2. The van der Waals surface area contributed by atoms with Crippen molar-refractivity contribution in [2.75, 3.05) is 13.1 Å². The maximum absolute atomic E-state index is 14.2. The maximum atomic E-state index is 14.2. The lowest BCUT2D eigenvalue weighted by atomic mass is 10.0. The van der Waals surface area contributed by atoms with Gasteiger partial charge in [-0.3, -0.25) is 9.59 Å². The Morgan fingerprint density at radius 3 is 2.37 bits per heavy atom. The van der Waals surface area contributed by atoms with Crippen LogP contribution < -0.4 is 10.6 Å². The molecule has 1 aromatic rings. The Kier molecular flexibility index (Phi) is 10.1. The summed E-state index contributed by atoms with van der Waals surface area (Å²) in [7, 11) is 0. The third-order valence-electron chi connectivity index (χ3n) is 9.62. The summed E-state index contributed by atoms with van der Waals surface area (Å²) in [5.41, 5.74) is 0.0871. The molecule has 252 valence electrons. The van der Waals surface area contributed by atoms with Crippen molar-refractivity contribution in [2.45, 2.75) is 127 Å². The van der Waals surface area contributed by atoms with E-state index < -0.39 is 59.3 Å². The number of carbonyl (C=O) groups is 5. The molecule has 3 N–H and O–H groups in total. The minimum Gasteiger partial charge on any atom is -0.479 e. The molecule has 0 spiro atoms. The molecule has 5 rings (SSSR count). The Morgan fingerprint density at radius 1 is 1.00 bits per heavy atom. The first-order chi connectivity index (χ1) is 21.9. The molecule has 3 aliphatic heterocycles. The number of carboxylic acids is 1. The third-order valence-corrected chi connectivity index (χ3v) is 9.62. The molecule has 1 aliphatic carbocycles. The van der Waals surface area contributed by atoms with E-state index in [9.17, 15) is 29.1 Å². The predicted octanol–water partition coefficient (Wildman–Crippen LogP) is 4.14. The van der Waals surface area contributed by atoms with E-state index in [1.165, 1.54) is 10.5 Å². The van der Waals surface area contributed by atoms with E-state index in [0.29, 0.717) is 45.2 Å². The van der Waals surface area contributed by atoms with E-state index in [-0.39, 0.29) is 18.9 Å². The molecule has 0 unspecified atom stereocenters. The number of amides is 4. The third kappa shape index (κ3) is 7.93. The fourth-order valence-corrected chi connectivity index (χ4v) is 7.05. The average molecular weight is 641 g/mol. The molecule has 1 aromatic carbocycles. The molecule has 3 fully saturated rings. The van der Waals surface area contributed by atoms with Gasteiger partial charge >= 0.3 is 18.2 Å². The van der Waals surface area contributed by atoms with Gasteiger partial charge in [0.05, 0.1) is 6.54 Å². The number of ether oxygens (including phenoxy) is 2. The second kappa shape index (κ2) is 13.9. The van der Waals surface area contributed by atoms with Crippen LogP contribution in [0.3, 0.4) is 0 Å². The van der Waals surface area contributed by atoms with Gasteiger partial charge in [-0.2, -0.15) is 0 Å². The topological polar surface area (TPSA) is 155 Å². The monoisotopic (exact) mass is 640 g/mol. The smallest absolute Gasteiger partial charge is 0.410 e. The van der Waals surface area contributed by atoms with Crippen molar-refractivity contribution in [1.82, 2.24) is 20.4 Å². The number of hydrogen-bond acceptors (Lipinski definition) is 7. The van der Waals surface area contributed by atoms with Gasteiger partial charge in [0.15, 0.2) is 0 Å². The summed E-state index contributed by atoms with van der Waals surface area (Å²) in [5.74, 6) is -2.34. The fraction of sp³-hybridized carbons (Fsp3) is 0.676. The van der Waals surface area contributed by atoms with Gasteiger partial charge in [0.25, 0.3) is 0 Å². The molecule has 0 aromatic heterocycles. The number of aliphatic carboxylic acids is 1. The van der Waals surface area contributed by atoms with Crippen molar-refractivity contribution in [3.63, 3.8) is 0 Å². The first kappa shape index (κ1) is 33.5. The molecule has 0 bridgehead atoms. The summed E-state index contributed by atoms with van der Waals surface area (Å²) in [6.45, 7) is 6.04. The Balaban J connectivity index is 1.36. The number of carbonyl (C=O) groups excluding carboxylic acids is 4. The Morgan fingerprint density at radius 2 is 1.67 bits per heavy atom. The first-order valence-electron chi connectivity index (χ1n) is 16.7. The zero-order valence-electron chi connectivity index (χ0n) is 27.2. The van der Waals surface area contributed by atoms with Crippen LogP contribution in [-0.4, -0.2) is 87.3 Å². The highest BCUT2D eigenvalue weighted by Gasteiger charge is 2.62. The number of nitrogens with zero attached hydrogens (tertiary/aromatic N) is 2. The van der Waals surface area contributed by atoms with Gasteiger partial charge in [0.1, 0.15) is 29.3 Å². The summed E-state index contributed by atoms with van der Waals surface area (Å²) >= 11 is 0. The van der Waals surface area contributed by atoms with Crippen LogP contribution in [0.15, 0.2) is 24.3 Å². The van der Waals surface area contributed by atoms with Gasteiger partial charge in [0.2, 0.25) is 11.8 Å². The lowest BCUT2D eigenvalue weighted by Crippen LogP contribution is -2.56. The maximum Gasteiger partial charge on any atom is 0.410 e. The Labute approximate surface area is 270 Å². The molecule has 0 radical (unpaired) electrons. The molecule has 12 nitrogen and oxygen atoms in total. The Hall–Kier alpha value is -3.83. The number of alkyl carbamates (subject to hydrolysis) is 1. The SMILES string of the molecule is CC(C)(C)OC(=O)N[C@H]1CCCCCCCC[C@@H]2C[C@@]2(C(=O)O)NC(=O)[C@@H]2C[C@@H](OC(=O)N3CCc4ccccc4C3)CN2C1=O. The van der Waals surface area contributed by atoms with Gasteiger partial charge in [-0.05, 0) is 63.5 Å². The number of fused-ring (bicyclic) bond motifs is 3. The zero-order valence-corrected chi connectivity index (χ0v) is 27.2. The fourth-order valence-electron chi connectivity index (χ4n) is 7.05. The van der Waals surface area contributed by atoms with Gasteiger partial charge in [-0.1, -0.05) is 62.8 Å². The molecule has 5 atom stereocenters. The minimum atomic E-state index is -1.37. The van der Waals surface area contributed by atoms with Crippen molar-refractivity contribution < 1.29 is 38.6 Å². The highest BCUT2D eigenvalue weighted by atomic mass is 16.6. The molecule has 4 amide bonds. The second-order valence-electron chi connectivity index (χ2n) is 14.3. The summed E-state index contributed by atoms with van der Waals surface area (Å²) in [5, 5.41) is 15.6. The number of hydrogen-bond donors (Lipinski definition) is 3. The van der Waals surface area contributed by atoms with Crippen molar-refractivity contribution in [1.29, 1.82) is 0 Å². The van der Waals surface area contributed by atoms with Crippen LogP contribution in [0.4, 0.5) is 9.59 Å². The van der Waals surface area contributed by atoms with Gasteiger partial charge in [-0.25, -0.2) is 14.4 Å². The molecule has 4 aliphatic rings. The highest BCUT2D eigenvalue weighted by Crippen LogP contribution is 2.47. The molecule has 2 saturated heterocycles. The largest absolute Gasteiger partial charge is 0.479 e. The molecule has 46 heavy (non-hydrogen) atoms. The first-order valence-corrected chi connectivity index (χ1v) is 16.7. The van der Waals surface area contributed by atoms with Crippen molar-refractivity contribution in [2.24, 2.45) is 5.92 Å². The quantitative estimate of drug-likeness (QED) is 0.446. The molecular formula is C34H48N4O8. The lowest BCUT2D eigenvalue weighted by Gasteiger charge is -2.30. The van der Waals surface area contributed by atoms with Crippen molar-refractivity contribution >= 4 is 30.0 Å². The second-order valence-corrected chi connectivity index (χ2v) is 14.3. The number of benzene rings is 1. The Bertz CT molecular complexity index is 1330. The van der Waals surface area contributed by atoms with Crippen LogP contribution in [0.1, 0.15) is 96.1 Å². The average Bonchev–Trinajstić information content (AvgIpc) is 3.53. The zero-order chi connectivity index (χ0) is 33.1. The molecular weight excluding hydrogens is 592 g/mol. The summed E-state index contributed by atoms with van der Waals surface area (Å²) < 4.78 is 11.3. The standard InChI is InChI=1S/C34H48N4O8/c1-33(2,3)46-31(43)35-26-15-9-7-5-4-6-8-14-24-19-34(24,30(41)42)36-28(39)27-18-25(21-38(27)29(26)40)45-32(44)37-17-16-22-12-10-11-13-23(22)20-37/h10-13,24-27H,4-9,14-21H2,1-3H3,(H,35,43)(H,36,39)(H,41,42)/t24-,25-,26+,27+,34-/m1/s1. The van der Waals surface area contributed by atoms with E-state index in [4.69, 9.17) is 9.47 Å². The van der Waals surface area contributed by atoms with E-state index in [1.807, 2.05) is 24.3 Å². The van der Waals surface area contributed by atoms with Crippen LogP contribution in [-0.2, 0) is 36.8 Å². The van der Waals surface area contributed by atoms with Gasteiger partial charge in [-0.15, -0.1) is 0 Å². The van der Waals surface area contributed by atoms with Gasteiger partial charge < -0.3 is 35.0 Å². The minimum absolute atomic E-state index is 0.0211. The number of rotatable bonds is 3. The van der Waals surface area contributed by atoms with Crippen LogP contribution in [0.2, 0.25) is 0 Å². The van der Waals surface area contributed by atoms with Crippen molar-refractivity contribution in [3.05, 3.63) is 35.4 Å². The predicted molar refractivity (Wildman–Crippen MR) is 168 cm³/mol. The van der Waals surface area contributed by atoms with E-state index in [0.717, 1.165) is 37.7 Å². The summed E-state index contributed by atoms with van der Waals surface area (Å²) in [4.78, 5) is 69.4. The number of carboxylic acid groups (broad SMARTS) is 1. The van der Waals surface area contributed by atoms with Crippen LogP contribution >= 0.6 is 0 Å². The lowest BCUT2D eigenvalue weighted by molar-refractivity contribution is -0.146. The van der Waals surface area contributed by atoms with Crippen LogP contribution in [0, 0.1) is 5.92 Å². The van der Waals surface area contributed by atoms with Crippen molar-refractivity contribution in [3.8, 4) is 0 Å². The highest BCUT2D eigenvalue weighted by molar-refractivity contribution is 5.96. The van der Waals surface area contributed by atoms with E-state index >= 15 is 0 Å². The van der Waals surface area contributed by atoms with E-state index in [1.54, 1.807) is 25.7 Å². The van der Waals surface area contributed by atoms with Crippen LogP contribution in [0.5, 0.6) is 0 Å². The molecule has 3 heterocycles. The normalized spacial score (nSPS) is 29.0. The summed E-state index contributed by atoms with van der Waals surface area (Å²) in [6, 6.07) is 5.89.